The van der Waals surface area contributed by atoms with Crippen LogP contribution in [0.1, 0.15) is 7.06 Å². The molecular formula is C13H10N3Y-. The molecule has 0 fully saturated rings. The Balaban J connectivity index is 0.00000120. The minimum atomic E-state index is 0. The molecule has 0 N–H and O–H groups in total. The summed E-state index contributed by atoms with van der Waals surface area (Å²) < 4.78 is 9.38. The van der Waals surface area contributed by atoms with Crippen LogP contribution in [-0.2, 0) is 32.7 Å². The van der Waals surface area contributed by atoms with E-state index in [1.165, 1.54) is 0 Å². The Kier molecular flexibility index (Phi) is 3.30. The van der Waals surface area contributed by atoms with Crippen LogP contribution in [0.4, 0.5) is 0 Å². The molecule has 0 saturated heterocycles. The van der Waals surface area contributed by atoms with E-state index in [2.05, 4.69) is 16.3 Å². The third-order valence-electron chi connectivity index (χ3n) is 2.53. The van der Waals surface area contributed by atoms with Gasteiger partial charge in [0, 0.05) is 50.2 Å². The fourth-order valence-corrected chi connectivity index (χ4v) is 1.70. The number of benzene rings is 1. The summed E-state index contributed by atoms with van der Waals surface area (Å²) in [5.74, 6) is 0. The zero-order valence-electron chi connectivity index (χ0n) is 10.4. The Hall–Kier alpha value is -1.06. The number of nitrogens with zero attached hydrogens (tertiary/aromatic N) is 3. The average Bonchev–Trinajstić information content (AvgIpc) is 2.74. The molecule has 1 radical (unpaired) electrons. The molecule has 3 nitrogen and oxygen atoms in total. The van der Waals surface area contributed by atoms with E-state index in [0.717, 1.165) is 22.5 Å². The summed E-state index contributed by atoms with van der Waals surface area (Å²) in [5.41, 5.74) is 3.54. The summed E-state index contributed by atoms with van der Waals surface area (Å²) in [4.78, 5) is 4.32. The number of aromatic nitrogens is 3. The Morgan fingerprint density at radius 1 is 1.29 bits per heavy atom. The molecule has 0 aliphatic rings. The molecule has 0 aliphatic carbocycles. The molecule has 0 aliphatic heterocycles. The Bertz CT molecular complexity index is 694. The topological polar surface area (TPSA) is 30.2 Å². The molecule has 4 heteroatoms. The number of fused-ring (bicyclic) bond motifs is 1. The van der Waals surface area contributed by atoms with E-state index >= 15 is 0 Å². The van der Waals surface area contributed by atoms with Gasteiger partial charge in [-0.25, -0.2) is 0 Å². The normalized spacial score (nSPS) is 11.0. The van der Waals surface area contributed by atoms with Gasteiger partial charge < -0.3 is 4.98 Å². The van der Waals surface area contributed by atoms with E-state index in [9.17, 15) is 0 Å². The van der Waals surface area contributed by atoms with Gasteiger partial charge in [-0.1, -0.05) is 18.2 Å². The van der Waals surface area contributed by atoms with Crippen molar-refractivity contribution in [2.75, 3.05) is 0 Å². The van der Waals surface area contributed by atoms with Crippen molar-refractivity contribution in [3.63, 3.8) is 0 Å². The first-order valence-electron chi connectivity index (χ1n) is 5.55. The smallest absolute Gasteiger partial charge is 0.0612 e. The molecular weight excluding hydrogens is 287 g/mol. The van der Waals surface area contributed by atoms with E-state index in [4.69, 9.17) is 1.37 Å². The van der Waals surface area contributed by atoms with E-state index in [1.807, 2.05) is 25.1 Å². The van der Waals surface area contributed by atoms with Gasteiger partial charge in [0.25, 0.3) is 0 Å². The van der Waals surface area contributed by atoms with Crippen molar-refractivity contribution in [2.24, 2.45) is 0 Å². The third-order valence-corrected chi connectivity index (χ3v) is 2.53. The Morgan fingerprint density at radius 3 is 3.00 bits per heavy atom. The molecule has 0 bridgehead atoms. The summed E-state index contributed by atoms with van der Waals surface area (Å²) in [6, 6.07) is 9.70. The van der Waals surface area contributed by atoms with Gasteiger partial charge in [-0.3, -0.25) is 9.61 Å². The standard InChI is InChI=1S/C13H10N3.Y/c1-10-7-8-14-13-12(9-15-16(10)13)11-5-3-2-4-6-11;/h2-8H,1H3;/q-1;/i3T;. The van der Waals surface area contributed by atoms with Crippen LogP contribution in [0.5, 0.6) is 0 Å². The molecule has 0 spiro atoms. The van der Waals surface area contributed by atoms with Gasteiger partial charge in [0.15, 0.2) is 0 Å². The maximum absolute atomic E-state index is 7.63. The molecule has 2 aromatic heterocycles. The first kappa shape index (κ1) is 11.1. The van der Waals surface area contributed by atoms with Crippen LogP contribution >= 0.6 is 0 Å². The first-order valence-corrected chi connectivity index (χ1v) is 5.05. The number of hydrogen-bond acceptors (Lipinski definition) is 2. The van der Waals surface area contributed by atoms with Gasteiger partial charge in [-0.05, 0) is 19.2 Å². The van der Waals surface area contributed by atoms with Crippen molar-refractivity contribution in [3.8, 4) is 11.1 Å². The van der Waals surface area contributed by atoms with Crippen LogP contribution in [0.15, 0.2) is 42.6 Å². The van der Waals surface area contributed by atoms with Gasteiger partial charge >= 0.3 is 0 Å². The molecule has 3 rings (SSSR count). The van der Waals surface area contributed by atoms with Crippen molar-refractivity contribution in [2.45, 2.75) is 6.92 Å². The van der Waals surface area contributed by atoms with E-state index in [-0.39, 0.29) is 32.7 Å². The second-order valence-electron chi connectivity index (χ2n) is 3.60. The number of rotatable bonds is 1. The largest absolute Gasteiger partial charge is 0.301 e. The second-order valence-corrected chi connectivity index (χ2v) is 3.60. The predicted molar refractivity (Wildman–Crippen MR) is 62.0 cm³/mol. The van der Waals surface area contributed by atoms with Crippen LogP contribution in [0.3, 0.4) is 0 Å². The second kappa shape index (κ2) is 5.07. The SMILES string of the molecule is [3H]c1cccc(-c2[c-]nn3c(C)ccnc23)c1.[Y]. The molecule has 2 heterocycles. The molecule has 0 atom stereocenters. The van der Waals surface area contributed by atoms with E-state index in [1.54, 1.807) is 22.8 Å². The molecule has 1 aromatic carbocycles. The summed E-state index contributed by atoms with van der Waals surface area (Å²) >= 11 is 0. The fraction of sp³-hybridized carbons (Fsp3) is 0.0769. The summed E-state index contributed by atoms with van der Waals surface area (Å²) in [7, 11) is 0. The zero-order chi connectivity index (χ0) is 11.8. The quantitative estimate of drug-likeness (QED) is 0.646. The maximum atomic E-state index is 7.63. The number of hydrogen-bond donors (Lipinski definition) is 0. The molecule has 0 saturated carbocycles. The average molecular weight is 299 g/mol. The van der Waals surface area contributed by atoms with Gasteiger partial charge in [0.2, 0.25) is 0 Å². The van der Waals surface area contributed by atoms with Crippen LogP contribution in [-0.4, -0.2) is 14.6 Å². The predicted octanol–water partition coefficient (Wildman–Crippen LogP) is 2.50. The van der Waals surface area contributed by atoms with Gasteiger partial charge in [0.05, 0.1) is 1.37 Å². The zero-order valence-corrected chi connectivity index (χ0v) is 12.2. The van der Waals surface area contributed by atoms with Crippen LogP contribution in [0, 0.1) is 13.1 Å². The van der Waals surface area contributed by atoms with Gasteiger partial charge in [-0.2, -0.15) is 0 Å². The first-order chi connectivity index (χ1) is 8.25. The molecule has 3 aromatic rings. The van der Waals surface area contributed by atoms with Gasteiger partial charge in [-0.15, -0.1) is 23.3 Å². The van der Waals surface area contributed by atoms with Crippen molar-refractivity contribution in [3.05, 3.63) is 54.5 Å². The van der Waals surface area contributed by atoms with Crippen molar-refractivity contribution in [1.82, 2.24) is 14.6 Å². The summed E-state index contributed by atoms with van der Waals surface area (Å²) in [6.45, 7) is 1.97. The molecule has 17 heavy (non-hydrogen) atoms. The Morgan fingerprint density at radius 2 is 2.18 bits per heavy atom. The summed E-state index contributed by atoms with van der Waals surface area (Å²) in [6.07, 6.45) is 4.72. The number of aryl methyl sites for hydroxylation is 1. The Labute approximate surface area is 126 Å². The minimum absolute atomic E-state index is 0. The molecule has 0 unspecified atom stereocenters. The fourth-order valence-electron chi connectivity index (χ4n) is 1.70. The van der Waals surface area contributed by atoms with Crippen molar-refractivity contribution in [1.29, 1.82) is 0 Å². The van der Waals surface area contributed by atoms with Crippen LogP contribution in [0.25, 0.3) is 16.8 Å². The monoisotopic (exact) mass is 299 g/mol. The molecule has 81 valence electrons. The minimum Gasteiger partial charge on any atom is -0.301 e. The van der Waals surface area contributed by atoms with Gasteiger partial charge in [0.1, 0.15) is 0 Å². The van der Waals surface area contributed by atoms with Crippen LogP contribution < -0.4 is 0 Å². The van der Waals surface area contributed by atoms with E-state index < -0.39 is 0 Å². The van der Waals surface area contributed by atoms with E-state index in [0.29, 0.717) is 6.04 Å². The van der Waals surface area contributed by atoms with Crippen molar-refractivity contribution >= 4 is 5.65 Å². The maximum Gasteiger partial charge on any atom is 0.0612 e. The van der Waals surface area contributed by atoms with Crippen LogP contribution in [0.2, 0.25) is 0 Å². The summed E-state index contributed by atoms with van der Waals surface area (Å²) in [5, 5.41) is 4.19. The molecule has 0 amide bonds. The third kappa shape index (κ3) is 2.17. The van der Waals surface area contributed by atoms with Crippen molar-refractivity contribution < 1.29 is 34.1 Å².